The number of hydrogen-bond acceptors (Lipinski definition) is 4. The molecular formula is C14H22N2O2S. The first-order valence-corrected chi connectivity index (χ1v) is 7.98. The SMILES string of the molecule is CCCCN(c1nc(CCC)c(C(=O)O)s1)C1CC1. The Kier molecular flexibility index (Phi) is 4.80. The predicted octanol–water partition coefficient (Wildman–Crippen LogP) is 3.56. The molecule has 1 aromatic heterocycles. The minimum Gasteiger partial charge on any atom is -0.477 e. The van der Waals surface area contributed by atoms with Crippen LogP contribution in [0, 0.1) is 0 Å². The molecule has 0 amide bonds. The smallest absolute Gasteiger partial charge is 0.347 e. The van der Waals surface area contributed by atoms with Gasteiger partial charge >= 0.3 is 5.97 Å². The molecule has 0 aliphatic heterocycles. The summed E-state index contributed by atoms with van der Waals surface area (Å²) in [6.07, 6.45) is 6.42. The van der Waals surface area contributed by atoms with Crippen LogP contribution in [0.5, 0.6) is 0 Å². The second-order valence-corrected chi connectivity index (χ2v) is 6.08. The lowest BCUT2D eigenvalue weighted by molar-refractivity contribution is 0.0700. The maximum Gasteiger partial charge on any atom is 0.347 e. The molecule has 0 saturated heterocycles. The van der Waals surface area contributed by atoms with Gasteiger partial charge in [0.2, 0.25) is 0 Å². The van der Waals surface area contributed by atoms with E-state index in [4.69, 9.17) is 0 Å². The summed E-state index contributed by atoms with van der Waals surface area (Å²) in [7, 11) is 0. The molecule has 19 heavy (non-hydrogen) atoms. The Morgan fingerprint density at radius 2 is 2.16 bits per heavy atom. The second-order valence-electron chi connectivity index (χ2n) is 5.11. The van der Waals surface area contributed by atoms with Crippen LogP contribution in [-0.4, -0.2) is 28.6 Å². The van der Waals surface area contributed by atoms with Gasteiger partial charge in [0.05, 0.1) is 5.69 Å². The first-order valence-electron chi connectivity index (χ1n) is 7.17. The van der Waals surface area contributed by atoms with Crippen LogP contribution in [0.3, 0.4) is 0 Å². The second kappa shape index (κ2) is 6.37. The van der Waals surface area contributed by atoms with E-state index in [0.29, 0.717) is 10.9 Å². The van der Waals surface area contributed by atoms with Crippen LogP contribution in [0.4, 0.5) is 5.13 Å². The molecule has 1 heterocycles. The molecular weight excluding hydrogens is 260 g/mol. The van der Waals surface area contributed by atoms with E-state index in [1.807, 2.05) is 0 Å². The van der Waals surface area contributed by atoms with Crippen molar-refractivity contribution in [3.63, 3.8) is 0 Å². The van der Waals surface area contributed by atoms with Gasteiger partial charge in [-0.25, -0.2) is 9.78 Å². The van der Waals surface area contributed by atoms with Gasteiger partial charge in [-0.1, -0.05) is 38.0 Å². The van der Waals surface area contributed by atoms with Crippen molar-refractivity contribution in [2.75, 3.05) is 11.4 Å². The fourth-order valence-corrected chi connectivity index (χ4v) is 3.23. The lowest BCUT2D eigenvalue weighted by Crippen LogP contribution is -2.26. The third-order valence-corrected chi connectivity index (χ3v) is 4.48. The lowest BCUT2D eigenvalue weighted by atomic mass is 10.2. The van der Waals surface area contributed by atoms with Crippen LogP contribution in [0.25, 0.3) is 0 Å². The summed E-state index contributed by atoms with van der Waals surface area (Å²) in [5, 5.41) is 10.2. The Bertz CT molecular complexity index is 441. The van der Waals surface area contributed by atoms with Crippen molar-refractivity contribution >= 4 is 22.4 Å². The maximum absolute atomic E-state index is 11.3. The quantitative estimate of drug-likeness (QED) is 0.792. The summed E-state index contributed by atoms with van der Waals surface area (Å²) < 4.78 is 0. The number of rotatable bonds is 8. The normalized spacial score (nSPS) is 14.6. The van der Waals surface area contributed by atoms with Crippen molar-refractivity contribution in [1.29, 1.82) is 0 Å². The molecule has 0 atom stereocenters. The molecule has 4 nitrogen and oxygen atoms in total. The van der Waals surface area contributed by atoms with E-state index in [-0.39, 0.29) is 0 Å². The Labute approximate surface area is 118 Å². The number of nitrogens with zero attached hydrogens (tertiary/aromatic N) is 2. The topological polar surface area (TPSA) is 53.4 Å². The van der Waals surface area contributed by atoms with E-state index >= 15 is 0 Å². The molecule has 1 saturated carbocycles. The van der Waals surface area contributed by atoms with Crippen molar-refractivity contribution in [2.24, 2.45) is 0 Å². The van der Waals surface area contributed by atoms with Gasteiger partial charge < -0.3 is 10.0 Å². The largest absolute Gasteiger partial charge is 0.477 e. The van der Waals surface area contributed by atoms with E-state index in [9.17, 15) is 9.90 Å². The molecule has 0 unspecified atom stereocenters. The highest BCUT2D eigenvalue weighted by molar-refractivity contribution is 7.17. The van der Waals surface area contributed by atoms with Gasteiger partial charge in [0, 0.05) is 12.6 Å². The molecule has 1 aromatic rings. The molecule has 0 radical (unpaired) electrons. The number of carboxylic acids is 1. The molecule has 0 aromatic carbocycles. The van der Waals surface area contributed by atoms with Crippen LogP contribution >= 0.6 is 11.3 Å². The minimum atomic E-state index is -0.835. The highest BCUT2D eigenvalue weighted by Gasteiger charge is 2.31. The zero-order valence-corrected chi connectivity index (χ0v) is 12.5. The van der Waals surface area contributed by atoms with E-state index in [1.165, 1.54) is 24.2 Å². The van der Waals surface area contributed by atoms with E-state index in [2.05, 4.69) is 23.7 Å². The van der Waals surface area contributed by atoms with Gasteiger partial charge in [-0.3, -0.25) is 0 Å². The van der Waals surface area contributed by atoms with Crippen molar-refractivity contribution < 1.29 is 9.90 Å². The molecule has 0 bridgehead atoms. The van der Waals surface area contributed by atoms with Gasteiger partial charge in [-0.05, 0) is 25.7 Å². The Balaban J connectivity index is 2.21. The first-order chi connectivity index (χ1) is 9.17. The average molecular weight is 282 g/mol. The molecule has 1 fully saturated rings. The monoisotopic (exact) mass is 282 g/mol. The van der Waals surface area contributed by atoms with Crippen LogP contribution in [0.2, 0.25) is 0 Å². The Morgan fingerprint density at radius 3 is 2.68 bits per heavy atom. The summed E-state index contributed by atoms with van der Waals surface area (Å²) >= 11 is 1.35. The maximum atomic E-state index is 11.3. The minimum absolute atomic E-state index is 0.430. The summed E-state index contributed by atoms with van der Waals surface area (Å²) in [5.41, 5.74) is 0.761. The van der Waals surface area contributed by atoms with Crippen LogP contribution < -0.4 is 4.90 Å². The highest BCUT2D eigenvalue weighted by atomic mass is 32.1. The van der Waals surface area contributed by atoms with Gasteiger partial charge in [0.15, 0.2) is 5.13 Å². The summed E-state index contributed by atoms with van der Waals surface area (Å²) in [6.45, 7) is 5.23. The van der Waals surface area contributed by atoms with Crippen LogP contribution in [0.15, 0.2) is 0 Å². The Hall–Kier alpha value is -1.10. The number of carbonyl (C=O) groups is 1. The van der Waals surface area contributed by atoms with Gasteiger partial charge in [0.1, 0.15) is 4.88 Å². The molecule has 1 aliphatic carbocycles. The van der Waals surface area contributed by atoms with Crippen LogP contribution in [0.1, 0.15) is 61.3 Å². The fraction of sp³-hybridized carbons (Fsp3) is 0.714. The summed E-state index contributed by atoms with van der Waals surface area (Å²) in [6, 6.07) is 0.592. The van der Waals surface area contributed by atoms with Crippen LogP contribution in [-0.2, 0) is 6.42 Å². The third-order valence-electron chi connectivity index (χ3n) is 3.35. The van der Waals surface area contributed by atoms with Gasteiger partial charge in [-0.15, -0.1) is 0 Å². The predicted molar refractivity (Wildman–Crippen MR) is 78.3 cm³/mol. The highest BCUT2D eigenvalue weighted by Crippen LogP contribution is 2.36. The number of carboxylic acid groups (broad SMARTS) is 1. The number of aromatic carboxylic acids is 1. The number of thiazole rings is 1. The van der Waals surface area contributed by atoms with Gasteiger partial charge in [0.25, 0.3) is 0 Å². The van der Waals surface area contributed by atoms with Crippen molar-refractivity contribution in [2.45, 2.75) is 58.4 Å². The zero-order valence-electron chi connectivity index (χ0n) is 11.7. The van der Waals surface area contributed by atoms with Crippen molar-refractivity contribution in [1.82, 2.24) is 4.98 Å². The van der Waals surface area contributed by atoms with E-state index in [1.54, 1.807) is 0 Å². The number of unbranched alkanes of at least 4 members (excludes halogenated alkanes) is 1. The first kappa shape index (κ1) is 14.3. The van der Waals surface area contributed by atoms with Crippen molar-refractivity contribution in [3.05, 3.63) is 10.6 Å². The molecule has 106 valence electrons. The van der Waals surface area contributed by atoms with Crippen molar-refractivity contribution in [3.8, 4) is 0 Å². The molecule has 5 heteroatoms. The molecule has 1 N–H and O–H groups in total. The summed E-state index contributed by atoms with van der Waals surface area (Å²) in [4.78, 5) is 18.6. The number of hydrogen-bond donors (Lipinski definition) is 1. The zero-order chi connectivity index (χ0) is 13.8. The van der Waals surface area contributed by atoms with Gasteiger partial charge in [-0.2, -0.15) is 0 Å². The van der Waals surface area contributed by atoms with E-state index < -0.39 is 5.97 Å². The summed E-state index contributed by atoms with van der Waals surface area (Å²) in [5.74, 6) is -0.835. The average Bonchev–Trinajstić information content (AvgIpc) is 3.11. The molecule has 1 aliphatic rings. The number of aryl methyl sites for hydroxylation is 1. The molecule has 2 rings (SSSR count). The lowest BCUT2D eigenvalue weighted by Gasteiger charge is -2.20. The standard InChI is InChI=1S/C14H22N2O2S/c1-3-5-9-16(10-7-8-10)14-15-11(6-4-2)12(19-14)13(17)18/h10H,3-9H2,1-2H3,(H,17,18). The number of aromatic nitrogens is 1. The Morgan fingerprint density at radius 1 is 1.42 bits per heavy atom. The van der Waals surface area contributed by atoms with E-state index in [0.717, 1.165) is 43.1 Å². The molecule has 0 spiro atoms. The fourth-order valence-electron chi connectivity index (χ4n) is 2.18. The third kappa shape index (κ3) is 3.47. The number of anilines is 1.